The monoisotopic (exact) mass is 508 g/mol. The molecule has 29 heavy (non-hydrogen) atoms. The average molecular weight is 508 g/mol. The minimum Gasteiger partial charge on any atom is -0.454 e. The third-order valence-electron chi connectivity index (χ3n) is 5.21. The first-order valence-corrected chi connectivity index (χ1v) is 9.93. The van der Waals surface area contributed by atoms with Crippen LogP contribution in [0, 0.1) is 0 Å². The van der Waals surface area contributed by atoms with Gasteiger partial charge in [0.15, 0.2) is 17.5 Å². The van der Waals surface area contributed by atoms with Crippen LogP contribution in [0.3, 0.4) is 0 Å². The van der Waals surface area contributed by atoms with Gasteiger partial charge in [0.25, 0.3) is 0 Å². The van der Waals surface area contributed by atoms with E-state index in [4.69, 9.17) is 9.47 Å². The molecule has 2 aromatic rings. The highest BCUT2D eigenvalue weighted by Gasteiger charge is 2.13. The van der Waals surface area contributed by atoms with Crippen LogP contribution in [-0.2, 0) is 19.6 Å². The highest BCUT2D eigenvalue weighted by molar-refractivity contribution is 14.0. The molecule has 0 bridgehead atoms. The van der Waals surface area contributed by atoms with E-state index in [1.165, 1.54) is 37.1 Å². The lowest BCUT2D eigenvalue weighted by atomic mass is 10.1. The molecule has 0 saturated carbocycles. The van der Waals surface area contributed by atoms with Crippen LogP contribution >= 0.6 is 24.0 Å². The van der Waals surface area contributed by atoms with Crippen molar-refractivity contribution in [3.8, 4) is 11.5 Å². The Morgan fingerprint density at radius 1 is 0.897 bits per heavy atom. The summed E-state index contributed by atoms with van der Waals surface area (Å²) in [5, 5.41) is 6.72. The number of nitrogens with one attached hydrogen (secondary N) is 2. The van der Waals surface area contributed by atoms with E-state index in [-0.39, 0.29) is 24.0 Å². The first-order valence-electron chi connectivity index (χ1n) is 9.93. The zero-order chi connectivity index (χ0) is 19.2. The van der Waals surface area contributed by atoms with Gasteiger partial charge in [-0.3, -0.25) is 9.89 Å². The molecule has 2 aliphatic heterocycles. The van der Waals surface area contributed by atoms with Crippen molar-refractivity contribution in [1.29, 1.82) is 0 Å². The maximum Gasteiger partial charge on any atom is 0.231 e. The Morgan fingerprint density at radius 2 is 1.52 bits per heavy atom. The third-order valence-corrected chi connectivity index (χ3v) is 5.21. The summed E-state index contributed by atoms with van der Waals surface area (Å²) < 4.78 is 10.8. The van der Waals surface area contributed by atoms with Gasteiger partial charge in [-0.1, -0.05) is 30.3 Å². The molecule has 0 radical (unpaired) electrons. The van der Waals surface area contributed by atoms with Crippen molar-refractivity contribution in [3.63, 3.8) is 0 Å². The SMILES string of the molecule is CN=C(NCc1ccc(CN2CCCC2)cc1)NCc1ccc2c(c1)OCO2.I. The van der Waals surface area contributed by atoms with E-state index in [2.05, 4.69) is 44.8 Å². The summed E-state index contributed by atoms with van der Waals surface area (Å²) >= 11 is 0. The highest BCUT2D eigenvalue weighted by Crippen LogP contribution is 2.32. The van der Waals surface area contributed by atoms with Gasteiger partial charge in [-0.25, -0.2) is 0 Å². The van der Waals surface area contributed by atoms with Crippen molar-refractivity contribution in [3.05, 3.63) is 59.2 Å². The molecular weight excluding hydrogens is 479 g/mol. The molecule has 4 rings (SSSR count). The van der Waals surface area contributed by atoms with E-state index in [0.717, 1.165) is 36.1 Å². The minimum atomic E-state index is 0. The third kappa shape index (κ3) is 5.99. The molecule has 0 atom stereocenters. The van der Waals surface area contributed by atoms with Crippen LogP contribution < -0.4 is 20.1 Å². The zero-order valence-corrected chi connectivity index (χ0v) is 19.1. The molecule has 2 heterocycles. The molecule has 2 aromatic carbocycles. The second-order valence-electron chi connectivity index (χ2n) is 7.27. The Hall–Kier alpha value is -2.00. The molecule has 2 aliphatic rings. The minimum absolute atomic E-state index is 0. The van der Waals surface area contributed by atoms with E-state index < -0.39 is 0 Å². The molecule has 0 aromatic heterocycles. The van der Waals surface area contributed by atoms with Gasteiger partial charge in [0.05, 0.1) is 0 Å². The maximum absolute atomic E-state index is 5.43. The maximum atomic E-state index is 5.43. The lowest BCUT2D eigenvalue weighted by Gasteiger charge is -2.15. The summed E-state index contributed by atoms with van der Waals surface area (Å²) in [6, 6.07) is 14.8. The van der Waals surface area contributed by atoms with Gasteiger partial charge in [-0.05, 0) is 54.8 Å². The van der Waals surface area contributed by atoms with Gasteiger partial charge in [0.1, 0.15) is 0 Å². The van der Waals surface area contributed by atoms with E-state index in [1.54, 1.807) is 7.05 Å². The highest BCUT2D eigenvalue weighted by atomic mass is 127. The molecule has 1 saturated heterocycles. The average Bonchev–Trinajstić information content (AvgIpc) is 3.40. The fourth-order valence-electron chi connectivity index (χ4n) is 3.60. The number of guanidine groups is 1. The number of fused-ring (bicyclic) bond motifs is 1. The first kappa shape index (κ1) is 21.7. The number of aliphatic imine (C=N–C) groups is 1. The van der Waals surface area contributed by atoms with Gasteiger partial charge >= 0.3 is 0 Å². The standard InChI is InChI=1S/C22H28N4O2.HI/c1-23-22(25-14-19-8-9-20-21(12-19)28-16-27-20)24-13-17-4-6-18(7-5-17)15-26-10-2-3-11-26;/h4-9,12H,2-3,10-11,13-16H2,1H3,(H2,23,24,25);1H. The van der Waals surface area contributed by atoms with Crippen molar-refractivity contribution in [2.24, 2.45) is 4.99 Å². The Morgan fingerprint density at radius 3 is 2.24 bits per heavy atom. The van der Waals surface area contributed by atoms with E-state index >= 15 is 0 Å². The second kappa shape index (κ2) is 10.7. The van der Waals surface area contributed by atoms with Crippen molar-refractivity contribution in [2.45, 2.75) is 32.5 Å². The lowest BCUT2D eigenvalue weighted by molar-refractivity contribution is 0.174. The largest absolute Gasteiger partial charge is 0.454 e. The summed E-state index contributed by atoms with van der Waals surface area (Å²) in [6.45, 7) is 5.23. The van der Waals surface area contributed by atoms with Gasteiger partial charge in [0, 0.05) is 26.7 Å². The fourth-order valence-corrected chi connectivity index (χ4v) is 3.60. The number of benzene rings is 2. The quantitative estimate of drug-likeness (QED) is 0.356. The Labute approximate surface area is 189 Å². The van der Waals surface area contributed by atoms with Crippen molar-refractivity contribution >= 4 is 29.9 Å². The van der Waals surface area contributed by atoms with Crippen LogP contribution in [0.4, 0.5) is 0 Å². The Balaban J connectivity index is 0.00000240. The van der Waals surface area contributed by atoms with Crippen LogP contribution in [0.2, 0.25) is 0 Å². The molecule has 156 valence electrons. The zero-order valence-electron chi connectivity index (χ0n) is 16.8. The number of nitrogens with zero attached hydrogens (tertiary/aromatic N) is 2. The summed E-state index contributed by atoms with van der Waals surface area (Å²) in [7, 11) is 1.79. The van der Waals surface area contributed by atoms with Crippen LogP contribution in [0.25, 0.3) is 0 Å². The molecule has 1 fully saturated rings. The number of rotatable bonds is 6. The predicted octanol–water partition coefficient (Wildman–Crippen LogP) is 3.49. The van der Waals surface area contributed by atoms with Gasteiger partial charge in [-0.2, -0.15) is 0 Å². The summed E-state index contributed by atoms with van der Waals surface area (Å²) in [5.41, 5.74) is 3.76. The number of likely N-dealkylation sites (tertiary alicyclic amines) is 1. The summed E-state index contributed by atoms with van der Waals surface area (Å²) in [6.07, 6.45) is 2.67. The fraction of sp³-hybridized carbons (Fsp3) is 0.409. The number of ether oxygens (including phenoxy) is 2. The van der Waals surface area contributed by atoms with Crippen LogP contribution in [0.5, 0.6) is 11.5 Å². The lowest BCUT2D eigenvalue weighted by Crippen LogP contribution is -2.36. The van der Waals surface area contributed by atoms with Gasteiger partial charge in [0.2, 0.25) is 6.79 Å². The number of hydrogen-bond acceptors (Lipinski definition) is 4. The smallest absolute Gasteiger partial charge is 0.231 e. The van der Waals surface area contributed by atoms with Crippen molar-refractivity contribution < 1.29 is 9.47 Å². The molecule has 0 spiro atoms. The topological polar surface area (TPSA) is 58.1 Å². The van der Waals surface area contributed by atoms with Crippen LogP contribution in [0.15, 0.2) is 47.5 Å². The van der Waals surface area contributed by atoms with Gasteiger partial charge < -0.3 is 20.1 Å². The first-order chi connectivity index (χ1) is 13.8. The molecule has 0 amide bonds. The molecular formula is C22H29IN4O2. The Kier molecular flexibility index (Phi) is 8.00. The van der Waals surface area contributed by atoms with Gasteiger partial charge in [-0.15, -0.1) is 24.0 Å². The van der Waals surface area contributed by atoms with E-state index in [0.29, 0.717) is 13.3 Å². The normalized spacial score (nSPS) is 15.8. The summed E-state index contributed by atoms with van der Waals surface area (Å²) in [5.74, 6) is 2.38. The number of hydrogen-bond donors (Lipinski definition) is 2. The summed E-state index contributed by atoms with van der Waals surface area (Å²) in [4.78, 5) is 6.83. The van der Waals surface area contributed by atoms with Crippen molar-refractivity contribution in [1.82, 2.24) is 15.5 Å². The number of halogens is 1. The van der Waals surface area contributed by atoms with Crippen LogP contribution in [0.1, 0.15) is 29.5 Å². The molecule has 6 nitrogen and oxygen atoms in total. The molecule has 0 unspecified atom stereocenters. The van der Waals surface area contributed by atoms with E-state index in [1.807, 2.05) is 18.2 Å². The molecule has 0 aliphatic carbocycles. The van der Waals surface area contributed by atoms with Crippen molar-refractivity contribution in [2.75, 3.05) is 26.9 Å². The molecule has 7 heteroatoms. The van der Waals surface area contributed by atoms with Crippen LogP contribution in [-0.4, -0.2) is 37.8 Å². The Bertz CT molecular complexity index is 820. The van der Waals surface area contributed by atoms with E-state index in [9.17, 15) is 0 Å². The predicted molar refractivity (Wildman–Crippen MR) is 126 cm³/mol. The second-order valence-corrected chi connectivity index (χ2v) is 7.27. The molecule has 2 N–H and O–H groups in total.